The third kappa shape index (κ3) is 6.40. The average Bonchev–Trinajstić information content (AvgIpc) is 2.86. The molecule has 4 rings (SSSR count). The molecule has 0 aromatic heterocycles. The number of carbonyl (C=O) groups excluding carboxylic acids is 2. The summed E-state index contributed by atoms with van der Waals surface area (Å²) >= 11 is 0. The Morgan fingerprint density at radius 2 is 0.789 bits per heavy atom. The fraction of sp³-hybridized carbons (Fsp3) is 0.188. The smallest absolute Gasteiger partial charge is 0.307 e. The van der Waals surface area contributed by atoms with E-state index in [-0.39, 0.29) is 12.1 Å². The fourth-order valence-electron chi connectivity index (χ4n) is 4.26. The normalized spacial score (nSPS) is 10.6. The van der Waals surface area contributed by atoms with Gasteiger partial charge in [0.15, 0.2) is 0 Å². The molecule has 0 saturated carbocycles. The van der Waals surface area contributed by atoms with Crippen LogP contribution in [0.25, 0.3) is 11.1 Å². The highest BCUT2D eigenvalue weighted by Crippen LogP contribution is 2.29. The summed E-state index contributed by atoms with van der Waals surface area (Å²) in [6.07, 6.45) is 0. The number of anilines is 4. The van der Waals surface area contributed by atoms with E-state index in [0.717, 1.165) is 67.3 Å². The molecule has 0 unspecified atom stereocenters. The molecular weight excluding hydrogens is 472 g/mol. The van der Waals surface area contributed by atoms with Crippen molar-refractivity contribution in [2.45, 2.75) is 41.5 Å². The minimum Gasteiger partial charge on any atom is -0.307 e. The van der Waals surface area contributed by atoms with Gasteiger partial charge in [0.25, 0.3) is 0 Å². The van der Waals surface area contributed by atoms with E-state index in [1.54, 1.807) is 0 Å². The summed E-state index contributed by atoms with van der Waals surface area (Å²) < 4.78 is 0. The van der Waals surface area contributed by atoms with Crippen LogP contribution in [0.3, 0.4) is 0 Å². The molecule has 0 saturated heterocycles. The number of nitrogens with one attached hydrogen (secondary N) is 4. The molecule has 4 aromatic rings. The quantitative estimate of drug-likeness (QED) is 0.219. The number of carbonyl (C=O) groups is 2. The summed E-state index contributed by atoms with van der Waals surface area (Å²) in [6, 6.07) is 23.3. The summed E-state index contributed by atoms with van der Waals surface area (Å²) in [4.78, 5) is 25.2. The molecule has 0 spiro atoms. The summed E-state index contributed by atoms with van der Waals surface area (Å²) in [5, 5.41) is 11.8. The maximum atomic E-state index is 12.6. The molecule has 0 heterocycles. The van der Waals surface area contributed by atoms with E-state index >= 15 is 0 Å². The number of hydrogen-bond acceptors (Lipinski definition) is 2. The summed E-state index contributed by atoms with van der Waals surface area (Å²) in [5.41, 5.74) is 11.2. The lowest BCUT2D eigenvalue weighted by atomic mass is 10.00. The van der Waals surface area contributed by atoms with Crippen LogP contribution in [-0.4, -0.2) is 12.1 Å². The fourth-order valence-corrected chi connectivity index (χ4v) is 4.26. The lowest BCUT2D eigenvalue weighted by Gasteiger charge is -2.15. The van der Waals surface area contributed by atoms with Crippen LogP contribution in [0.1, 0.15) is 33.4 Å². The number of urea groups is 2. The van der Waals surface area contributed by atoms with Crippen molar-refractivity contribution in [3.05, 3.63) is 106 Å². The second kappa shape index (κ2) is 11.2. The van der Waals surface area contributed by atoms with Gasteiger partial charge in [0.05, 0.1) is 0 Å². The molecule has 4 N–H and O–H groups in total. The van der Waals surface area contributed by atoms with Crippen molar-refractivity contribution < 1.29 is 9.59 Å². The number of aryl methyl sites for hydroxylation is 6. The first-order valence-electron chi connectivity index (χ1n) is 12.6. The zero-order chi connectivity index (χ0) is 27.4. The van der Waals surface area contributed by atoms with Crippen molar-refractivity contribution in [3.63, 3.8) is 0 Å². The van der Waals surface area contributed by atoms with Crippen LogP contribution < -0.4 is 21.3 Å². The van der Waals surface area contributed by atoms with E-state index in [0.29, 0.717) is 0 Å². The zero-order valence-corrected chi connectivity index (χ0v) is 22.7. The minimum absolute atomic E-state index is 0.278. The van der Waals surface area contributed by atoms with E-state index < -0.39 is 0 Å². The standard InChI is InChI=1S/C32H34N4O2/c1-19-7-9-21(3)29(15-19)35-31(37)33-27-13-11-25(17-23(27)5)26-12-14-28(24(6)18-26)34-32(38)36-30-16-20(2)8-10-22(30)4/h7-18H,1-6H3,(H2,33,35,37)(H2,34,36,38). The molecule has 6 nitrogen and oxygen atoms in total. The predicted octanol–water partition coefficient (Wildman–Crippen LogP) is 8.49. The Morgan fingerprint density at radius 3 is 1.16 bits per heavy atom. The molecule has 38 heavy (non-hydrogen) atoms. The monoisotopic (exact) mass is 506 g/mol. The van der Waals surface area contributed by atoms with Gasteiger partial charge in [0.1, 0.15) is 0 Å². The summed E-state index contributed by atoms with van der Waals surface area (Å²) in [7, 11) is 0. The highest BCUT2D eigenvalue weighted by Gasteiger charge is 2.11. The van der Waals surface area contributed by atoms with Crippen molar-refractivity contribution >= 4 is 34.8 Å². The molecular formula is C32H34N4O2. The zero-order valence-electron chi connectivity index (χ0n) is 22.7. The highest BCUT2D eigenvalue weighted by molar-refractivity contribution is 6.01. The number of amides is 4. The Kier molecular flexibility index (Phi) is 7.82. The van der Waals surface area contributed by atoms with Crippen LogP contribution in [0.2, 0.25) is 0 Å². The Hall–Kier alpha value is -4.58. The second-order valence-electron chi connectivity index (χ2n) is 9.85. The van der Waals surface area contributed by atoms with Gasteiger partial charge in [-0.25, -0.2) is 9.59 Å². The van der Waals surface area contributed by atoms with Gasteiger partial charge in [-0.2, -0.15) is 0 Å². The van der Waals surface area contributed by atoms with Gasteiger partial charge in [-0.3, -0.25) is 0 Å². The molecule has 4 aromatic carbocycles. The molecule has 0 aliphatic carbocycles. The first-order chi connectivity index (χ1) is 18.1. The Balaban J connectivity index is 1.43. The molecule has 0 atom stereocenters. The van der Waals surface area contributed by atoms with Crippen LogP contribution in [-0.2, 0) is 0 Å². The lowest BCUT2D eigenvalue weighted by molar-refractivity contribution is 0.261. The van der Waals surface area contributed by atoms with E-state index in [4.69, 9.17) is 0 Å². The third-order valence-electron chi connectivity index (χ3n) is 6.57. The largest absolute Gasteiger partial charge is 0.323 e. The van der Waals surface area contributed by atoms with Gasteiger partial charge >= 0.3 is 12.1 Å². The molecule has 0 aliphatic heterocycles. The van der Waals surface area contributed by atoms with E-state index in [1.165, 1.54) is 0 Å². The van der Waals surface area contributed by atoms with Gasteiger partial charge in [-0.1, -0.05) is 36.4 Å². The molecule has 0 aliphatic rings. The number of benzene rings is 4. The number of rotatable bonds is 5. The predicted molar refractivity (Wildman–Crippen MR) is 158 cm³/mol. The van der Waals surface area contributed by atoms with Crippen molar-refractivity contribution in [1.29, 1.82) is 0 Å². The molecule has 6 heteroatoms. The van der Waals surface area contributed by atoms with Crippen LogP contribution in [0.5, 0.6) is 0 Å². The van der Waals surface area contributed by atoms with Gasteiger partial charge in [-0.15, -0.1) is 0 Å². The van der Waals surface area contributed by atoms with Crippen molar-refractivity contribution in [2.24, 2.45) is 0 Å². The van der Waals surface area contributed by atoms with Crippen LogP contribution in [0.4, 0.5) is 32.3 Å². The molecule has 0 bridgehead atoms. The van der Waals surface area contributed by atoms with Crippen molar-refractivity contribution in [1.82, 2.24) is 0 Å². The van der Waals surface area contributed by atoms with Gasteiger partial charge in [0, 0.05) is 22.7 Å². The van der Waals surface area contributed by atoms with Crippen LogP contribution in [0, 0.1) is 41.5 Å². The maximum absolute atomic E-state index is 12.6. The first kappa shape index (κ1) is 26.5. The SMILES string of the molecule is Cc1ccc(C)c(NC(=O)Nc2ccc(-c3ccc(NC(=O)Nc4cc(C)ccc4C)c(C)c3)cc2C)c1. The van der Waals surface area contributed by atoms with Gasteiger partial charge < -0.3 is 21.3 Å². The first-order valence-corrected chi connectivity index (χ1v) is 12.6. The van der Waals surface area contributed by atoms with E-state index in [9.17, 15) is 9.59 Å². The minimum atomic E-state index is -0.278. The van der Waals surface area contributed by atoms with Gasteiger partial charge in [0.2, 0.25) is 0 Å². The molecule has 0 fully saturated rings. The molecule has 194 valence electrons. The summed E-state index contributed by atoms with van der Waals surface area (Å²) in [5.74, 6) is 0. The topological polar surface area (TPSA) is 82.3 Å². The Bertz CT molecular complexity index is 1410. The Labute approximate surface area is 224 Å². The maximum Gasteiger partial charge on any atom is 0.323 e. The van der Waals surface area contributed by atoms with Crippen molar-refractivity contribution in [3.8, 4) is 11.1 Å². The van der Waals surface area contributed by atoms with Crippen LogP contribution in [0.15, 0.2) is 72.8 Å². The Morgan fingerprint density at radius 1 is 0.421 bits per heavy atom. The van der Waals surface area contributed by atoms with E-state index in [1.807, 2.05) is 114 Å². The lowest BCUT2D eigenvalue weighted by Crippen LogP contribution is -2.20. The van der Waals surface area contributed by atoms with Gasteiger partial charge in [-0.05, 0) is 122 Å². The van der Waals surface area contributed by atoms with Crippen molar-refractivity contribution in [2.75, 3.05) is 21.3 Å². The average molecular weight is 507 g/mol. The second-order valence-corrected chi connectivity index (χ2v) is 9.85. The number of hydrogen-bond donors (Lipinski definition) is 4. The molecule has 4 amide bonds. The highest BCUT2D eigenvalue weighted by atomic mass is 16.2. The van der Waals surface area contributed by atoms with E-state index in [2.05, 4.69) is 21.3 Å². The third-order valence-corrected chi connectivity index (χ3v) is 6.57. The summed E-state index contributed by atoms with van der Waals surface area (Å²) in [6.45, 7) is 11.9. The molecule has 0 radical (unpaired) electrons. The van der Waals surface area contributed by atoms with Crippen LogP contribution >= 0.6 is 0 Å².